The Morgan fingerprint density at radius 1 is 0.967 bits per heavy atom. The van der Waals surface area contributed by atoms with E-state index in [-0.39, 0.29) is 34.7 Å². The number of fused-ring (bicyclic) bond motifs is 2. The van der Waals surface area contributed by atoms with Crippen molar-refractivity contribution < 1.29 is 24.2 Å². The third-order valence-corrected chi connectivity index (χ3v) is 5.06. The maximum absolute atomic E-state index is 12.0. The fraction of sp³-hybridized carbons (Fsp3) is 0.125. The second-order valence-corrected chi connectivity index (χ2v) is 7.07. The molecule has 0 atom stereocenters. The molecule has 0 spiro atoms. The molecule has 6 heteroatoms. The molecule has 0 unspecified atom stereocenters. The molecule has 4 rings (SSSR count). The first-order chi connectivity index (χ1) is 14.4. The van der Waals surface area contributed by atoms with E-state index < -0.39 is 5.97 Å². The van der Waals surface area contributed by atoms with E-state index in [1.807, 2.05) is 0 Å². The Hall–Kier alpha value is -3.93. The van der Waals surface area contributed by atoms with Crippen molar-refractivity contribution in [2.24, 2.45) is 0 Å². The molecule has 2 aliphatic rings. The highest BCUT2D eigenvalue weighted by Crippen LogP contribution is 2.42. The number of benzene rings is 3. The molecule has 0 fully saturated rings. The second kappa shape index (κ2) is 7.48. The highest BCUT2D eigenvalue weighted by molar-refractivity contribution is 6.07. The number of Topliss-reactive ketones (excluding diaryl/α,β-unsaturated/α-hetero) is 1. The zero-order chi connectivity index (χ0) is 21.4. The average molecular weight is 402 g/mol. The standard InChI is InChI=1S/C24H18O6/c1-2-14(25)9-13-3-6-17(24(28)29)20(10-13)23-18-7-4-15(26)11-21(18)30-22-12-16(27)5-8-19(22)23/h3-8,10-12,26H,2,9H2,1H3,(H,28,29). The van der Waals surface area contributed by atoms with Gasteiger partial charge in [-0.05, 0) is 47.5 Å². The number of rotatable bonds is 5. The second-order valence-electron chi connectivity index (χ2n) is 7.07. The number of aromatic carboxylic acids is 1. The number of hydrogen-bond donors (Lipinski definition) is 2. The van der Waals surface area contributed by atoms with E-state index in [2.05, 4.69) is 0 Å². The Morgan fingerprint density at radius 3 is 2.50 bits per heavy atom. The molecular formula is C24H18O6. The zero-order valence-corrected chi connectivity index (χ0v) is 16.1. The van der Waals surface area contributed by atoms with Crippen LogP contribution < -0.4 is 5.43 Å². The molecule has 30 heavy (non-hydrogen) atoms. The lowest BCUT2D eigenvalue weighted by Gasteiger charge is -2.17. The summed E-state index contributed by atoms with van der Waals surface area (Å²) in [5.74, 6) is -0.806. The van der Waals surface area contributed by atoms with Gasteiger partial charge in [-0.2, -0.15) is 0 Å². The van der Waals surface area contributed by atoms with Crippen LogP contribution in [-0.2, 0) is 11.2 Å². The first kappa shape index (κ1) is 19.4. The number of ketones is 1. The van der Waals surface area contributed by atoms with E-state index in [1.54, 1.807) is 31.2 Å². The summed E-state index contributed by atoms with van der Waals surface area (Å²) in [6.07, 6.45) is 0.583. The Morgan fingerprint density at radius 2 is 1.77 bits per heavy atom. The number of hydrogen-bond acceptors (Lipinski definition) is 5. The normalized spacial score (nSPS) is 11.1. The molecule has 0 saturated heterocycles. The van der Waals surface area contributed by atoms with Gasteiger partial charge < -0.3 is 14.6 Å². The van der Waals surface area contributed by atoms with E-state index in [1.165, 1.54) is 30.3 Å². The Bertz CT molecular complexity index is 1330. The number of carbonyl (C=O) groups excluding carboxylic acids is 1. The van der Waals surface area contributed by atoms with Crippen molar-refractivity contribution in [3.05, 3.63) is 75.9 Å². The van der Waals surface area contributed by atoms with Gasteiger partial charge in [0.1, 0.15) is 22.9 Å². The van der Waals surface area contributed by atoms with Crippen molar-refractivity contribution in [3.63, 3.8) is 0 Å². The molecular weight excluding hydrogens is 384 g/mol. The van der Waals surface area contributed by atoms with Crippen LogP contribution in [0.5, 0.6) is 5.75 Å². The number of carboxylic acids is 1. The highest BCUT2D eigenvalue weighted by Gasteiger charge is 2.22. The average Bonchev–Trinajstić information content (AvgIpc) is 2.71. The first-order valence-corrected chi connectivity index (χ1v) is 9.45. The lowest BCUT2D eigenvalue weighted by Crippen LogP contribution is -2.06. The van der Waals surface area contributed by atoms with Gasteiger partial charge in [-0.25, -0.2) is 4.79 Å². The van der Waals surface area contributed by atoms with Crippen LogP contribution in [0.1, 0.15) is 29.3 Å². The monoisotopic (exact) mass is 402 g/mol. The fourth-order valence-corrected chi connectivity index (χ4v) is 3.60. The van der Waals surface area contributed by atoms with Gasteiger partial charge in [0.05, 0.1) is 5.56 Å². The molecule has 1 aliphatic heterocycles. The lowest BCUT2D eigenvalue weighted by atomic mass is 9.89. The summed E-state index contributed by atoms with van der Waals surface area (Å²) in [6, 6.07) is 13.7. The molecule has 0 saturated carbocycles. The van der Waals surface area contributed by atoms with Crippen LogP contribution in [0.3, 0.4) is 0 Å². The predicted molar refractivity (Wildman–Crippen MR) is 112 cm³/mol. The predicted octanol–water partition coefficient (Wildman–Crippen LogP) is 4.49. The van der Waals surface area contributed by atoms with Crippen molar-refractivity contribution >= 4 is 22.7 Å². The van der Waals surface area contributed by atoms with Crippen LogP contribution in [0.25, 0.3) is 33.4 Å². The lowest BCUT2D eigenvalue weighted by molar-refractivity contribution is -0.118. The maximum atomic E-state index is 12.0. The molecule has 0 bridgehead atoms. The Labute approximate surface area is 171 Å². The molecule has 0 amide bonds. The number of phenolic OH excluding ortho intramolecular Hbond substituents is 1. The van der Waals surface area contributed by atoms with Gasteiger partial charge in [0.15, 0.2) is 5.43 Å². The van der Waals surface area contributed by atoms with Crippen molar-refractivity contribution in [3.8, 4) is 28.2 Å². The van der Waals surface area contributed by atoms with Crippen LogP contribution in [0.2, 0.25) is 0 Å². The molecule has 0 aromatic heterocycles. The number of carbonyl (C=O) groups is 2. The highest BCUT2D eigenvalue weighted by atomic mass is 16.4. The Kier molecular flexibility index (Phi) is 4.83. The minimum absolute atomic E-state index is 0.0180. The van der Waals surface area contributed by atoms with E-state index in [4.69, 9.17) is 4.42 Å². The summed E-state index contributed by atoms with van der Waals surface area (Å²) < 4.78 is 5.82. The minimum Gasteiger partial charge on any atom is -0.508 e. The van der Waals surface area contributed by atoms with Gasteiger partial charge in [-0.15, -0.1) is 0 Å². The Balaban J connectivity index is 2.11. The smallest absolute Gasteiger partial charge is 0.336 e. The molecule has 2 aromatic rings. The third kappa shape index (κ3) is 3.43. The van der Waals surface area contributed by atoms with E-state index in [0.717, 1.165) is 0 Å². The van der Waals surface area contributed by atoms with Crippen molar-refractivity contribution in [2.75, 3.05) is 0 Å². The summed E-state index contributed by atoms with van der Waals surface area (Å²) in [5.41, 5.74) is 2.37. The summed E-state index contributed by atoms with van der Waals surface area (Å²) in [5, 5.41) is 20.3. The quantitative estimate of drug-likeness (QED) is 0.477. The van der Waals surface area contributed by atoms with Gasteiger partial charge in [-0.1, -0.05) is 13.0 Å². The van der Waals surface area contributed by atoms with Crippen LogP contribution in [0, 0.1) is 0 Å². The summed E-state index contributed by atoms with van der Waals surface area (Å²) in [4.78, 5) is 35.8. The SMILES string of the molecule is CCC(=O)Cc1ccc(C(=O)O)c(-c2c3ccc(=O)cc-3oc3cc(O)ccc23)c1. The number of aromatic hydroxyl groups is 1. The van der Waals surface area contributed by atoms with Gasteiger partial charge in [-0.3, -0.25) is 9.59 Å². The van der Waals surface area contributed by atoms with E-state index in [0.29, 0.717) is 39.6 Å². The van der Waals surface area contributed by atoms with Crippen molar-refractivity contribution in [1.29, 1.82) is 0 Å². The van der Waals surface area contributed by atoms with Crippen LogP contribution in [-0.4, -0.2) is 22.0 Å². The van der Waals surface area contributed by atoms with Crippen molar-refractivity contribution in [2.45, 2.75) is 19.8 Å². The van der Waals surface area contributed by atoms with E-state index in [9.17, 15) is 24.6 Å². The topological polar surface area (TPSA) is 105 Å². The molecule has 1 aliphatic carbocycles. The fourth-order valence-electron chi connectivity index (χ4n) is 3.60. The molecule has 2 aromatic carbocycles. The zero-order valence-electron chi connectivity index (χ0n) is 16.1. The molecule has 1 heterocycles. The van der Waals surface area contributed by atoms with Gasteiger partial charge >= 0.3 is 5.97 Å². The van der Waals surface area contributed by atoms with Gasteiger partial charge in [0, 0.05) is 41.5 Å². The number of carboxylic acid groups (broad SMARTS) is 1. The van der Waals surface area contributed by atoms with Gasteiger partial charge in [0.2, 0.25) is 0 Å². The van der Waals surface area contributed by atoms with Gasteiger partial charge in [0.25, 0.3) is 0 Å². The largest absolute Gasteiger partial charge is 0.508 e. The molecule has 150 valence electrons. The molecule has 2 N–H and O–H groups in total. The number of phenols is 1. The first-order valence-electron chi connectivity index (χ1n) is 9.45. The van der Waals surface area contributed by atoms with E-state index >= 15 is 0 Å². The van der Waals surface area contributed by atoms with Crippen LogP contribution in [0.4, 0.5) is 0 Å². The molecule has 0 radical (unpaired) electrons. The maximum Gasteiger partial charge on any atom is 0.336 e. The van der Waals surface area contributed by atoms with Crippen LogP contribution >= 0.6 is 0 Å². The minimum atomic E-state index is -1.11. The summed E-state index contributed by atoms with van der Waals surface area (Å²) in [7, 11) is 0. The van der Waals surface area contributed by atoms with Crippen molar-refractivity contribution in [1.82, 2.24) is 0 Å². The van der Waals surface area contributed by atoms with Crippen LogP contribution in [0.15, 0.2) is 63.8 Å². The summed E-state index contributed by atoms with van der Waals surface area (Å²) >= 11 is 0. The molecule has 6 nitrogen and oxygen atoms in total. The summed E-state index contributed by atoms with van der Waals surface area (Å²) in [6.45, 7) is 1.78. The third-order valence-electron chi connectivity index (χ3n) is 5.06.